The quantitative estimate of drug-likeness (QED) is 0.874. The average Bonchev–Trinajstić information content (AvgIpc) is 2.24. The molecule has 0 aliphatic heterocycles. The Kier molecular flexibility index (Phi) is 2.83. The van der Waals surface area contributed by atoms with E-state index in [0.717, 1.165) is 6.07 Å². The number of phenols is 1. The molecule has 0 heterocycles. The van der Waals surface area contributed by atoms with Crippen LogP contribution < -0.4 is 4.74 Å². The number of fused-ring (bicyclic) bond motifs is 1. The minimum Gasteiger partial charge on any atom is -0.508 e. The first-order valence-electron chi connectivity index (χ1n) is 4.84. The van der Waals surface area contributed by atoms with Crippen LogP contribution in [0.25, 0.3) is 10.8 Å². The number of benzene rings is 2. The molecule has 90 valence electrons. The summed E-state index contributed by atoms with van der Waals surface area (Å²) in [5.74, 6) is -2.93. The second kappa shape index (κ2) is 4.16. The summed E-state index contributed by atoms with van der Waals surface area (Å²) in [6.45, 7) is 0.334. The van der Waals surface area contributed by atoms with Crippen molar-refractivity contribution in [3.63, 3.8) is 0 Å². The number of aryl methyl sites for hydroxylation is 1. The third-order valence-electron chi connectivity index (χ3n) is 2.47. The van der Waals surface area contributed by atoms with Gasteiger partial charge in [0.25, 0.3) is 0 Å². The van der Waals surface area contributed by atoms with Crippen molar-refractivity contribution in [3.8, 4) is 11.5 Å². The Morgan fingerprint density at radius 3 is 2.59 bits per heavy atom. The van der Waals surface area contributed by atoms with Crippen LogP contribution in [-0.2, 0) is 0 Å². The Balaban J connectivity index is 2.87. The molecule has 2 nitrogen and oxygen atoms in total. The predicted octanol–water partition coefficient (Wildman–Crippen LogP) is 3.44. The molecule has 0 spiro atoms. The lowest BCUT2D eigenvalue weighted by Gasteiger charge is -2.11. The maximum Gasteiger partial charge on any atom is 0.228 e. The van der Waals surface area contributed by atoms with E-state index in [2.05, 4.69) is 4.74 Å². The van der Waals surface area contributed by atoms with Crippen LogP contribution in [0.15, 0.2) is 18.2 Å². The van der Waals surface area contributed by atoms with Crippen LogP contribution >= 0.6 is 0 Å². The monoisotopic (exact) mass is 242 g/mol. The first-order chi connectivity index (χ1) is 8.04. The van der Waals surface area contributed by atoms with Gasteiger partial charge in [0.1, 0.15) is 5.75 Å². The van der Waals surface area contributed by atoms with Gasteiger partial charge in [-0.05, 0) is 36.1 Å². The van der Waals surface area contributed by atoms with Crippen molar-refractivity contribution in [1.82, 2.24) is 0 Å². The fourth-order valence-electron chi connectivity index (χ4n) is 1.83. The molecule has 17 heavy (non-hydrogen) atoms. The topological polar surface area (TPSA) is 29.5 Å². The van der Waals surface area contributed by atoms with E-state index in [0.29, 0.717) is 5.56 Å². The van der Waals surface area contributed by atoms with Crippen LogP contribution in [0.4, 0.5) is 13.2 Å². The highest BCUT2D eigenvalue weighted by Crippen LogP contribution is 2.35. The van der Waals surface area contributed by atoms with Gasteiger partial charge in [0.15, 0.2) is 11.6 Å². The van der Waals surface area contributed by atoms with Gasteiger partial charge in [-0.2, -0.15) is 4.39 Å². The predicted molar refractivity (Wildman–Crippen MR) is 56.9 cm³/mol. The Morgan fingerprint density at radius 2 is 1.94 bits per heavy atom. The number of ether oxygens (including phenoxy) is 1. The SMILES string of the molecule is Cc1cc(O)cc2cc(F)c(F)c(OCF)c12. The Bertz CT molecular complexity index is 582. The maximum atomic E-state index is 13.5. The largest absolute Gasteiger partial charge is 0.508 e. The first kappa shape index (κ1) is 11.6. The Hall–Kier alpha value is -1.91. The van der Waals surface area contributed by atoms with Gasteiger partial charge in [-0.15, -0.1) is 0 Å². The summed E-state index contributed by atoms with van der Waals surface area (Å²) in [4.78, 5) is 0. The van der Waals surface area contributed by atoms with Gasteiger partial charge in [-0.3, -0.25) is 0 Å². The molecule has 0 saturated heterocycles. The number of halogens is 3. The molecule has 0 fully saturated rings. The maximum absolute atomic E-state index is 13.5. The lowest BCUT2D eigenvalue weighted by Crippen LogP contribution is -1.98. The van der Waals surface area contributed by atoms with E-state index in [4.69, 9.17) is 0 Å². The number of hydrogen-bond donors (Lipinski definition) is 1. The van der Waals surface area contributed by atoms with E-state index in [1.165, 1.54) is 12.1 Å². The van der Waals surface area contributed by atoms with E-state index in [1.807, 2.05) is 0 Å². The molecular weight excluding hydrogens is 233 g/mol. The smallest absolute Gasteiger partial charge is 0.228 e. The highest BCUT2D eigenvalue weighted by Gasteiger charge is 2.17. The van der Waals surface area contributed by atoms with Crippen LogP contribution in [-0.4, -0.2) is 12.0 Å². The van der Waals surface area contributed by atoms with Crippen LogP contribution in [0.1, 0.15) is 5.56 Å². The summed E-state index contributed by atoms with van der Waals surface area (Å²) in [6.07, 6.45) is 0. The second-order valence-electron chi connectivity index (χ2n) is 3.62. The van der Waals surface area contributed by atoms with Gasteiger partial charge in [0.2, 0.25) is 12.7 Å². The summed E-state index contributed by atoms with van der Waals surface area (Å²) >= 11 is 0. The zero-order valence-electron chi connectivity index (χ0n) is 8.93. The summed E-state index contributed by atoms with van der Waals surface area (Å²) in [6, 6.07) is 3.56. The zero-order valence-corrected chi connectivity index (χ0v) is 8.93. The Labute approximate surface area is 95.2 Å². The number of aromatic hydroxyl groups is 1. The molecule has 2 aromatic carbocycles. The summed E-state index contributed by atoms with van der Waals surface area (Å²) in [5, 5.41) is 9.86. The minimum atomic E-state index is -1.25. The molecular formula is C12H9F3O2. The van der Waals surface area contributed by atoms with Crippen LogP contribution in [0, 0.1) is 18.6 Å². The Morgan fingerprint density at radius 1 is 1.24 bits per heavy atom. The molecule has 0 atom stereocenters. The number of hydrogen-bond acceptors (Lipinski definition) is 2. The lowest BCUT2D eigenvalue weighted by atomic mass is 10.0. The molecule has 0 saturated carbocycles. The van der Waals surface area contributed by atoms with Gasteiger partial charge in [0.05, 0.1) is 0 Å². The second-order valence-corrected chi connectivity index (χ2v) is 3.62. The molecule has 2 rings (SSSR count). The number of rotatable bonds is 2. The summed E-state index contributed by atoms with van der Waals surface area (Å²) in [7, 11) is 0. The fourth-order valence-corrected chi connectivity index (χ4v) is 1.83. The van der Waals surface area contributed by atoms with E-state index >= 15 is 0 Å². The number of phenolic OH excluding ortho intramolecular Hbond substituents is 1. The summed E-state index contributed by atoms with van der Waals surface area (Å²) in [5.41, 5.74) is 0.474. The van der Waals surface area contributed by atoms with Crippen LogP contribution in [0.5, 0.6) is 11.5 Å². The molecule has 0 radical (unpaired) electrons. The van der Waals surface area contributed by atoms with Crippen LogP contribution in [0.2, 0.25) is 0 Å². The molecule has 2 aromatic rings. The van der Waals surface area contributed by atoms with Gasteiger partial charge < -0.3 is 9.84 Å². The van der Waals surface area contributed by atoms with E-state index in [9.17, 15) is 18.3 Å². The molecule has 0 aliphatic rings. The van der Waals surface area contributed by atoms with Gasteiger partial charge in [-0.25, -0.2) is 8.78 Å². The van der Waals surface area contributed by atoms with E-state index < -0.39 is 24.2 Å². The highest BCUT2D eigenvalue weighted by atomic mass is 19.2. The first-order valence-corrected chi connectivity index (χ1v) is 4.84. The van der Waals surface area contributed by atoms with Gasteiger partial charge in [0, 0.05) is 5.39 Å². The van der Waals surface area contributed by atoms with Crippen LogP contribution in [0.3, 0.4) is 0 Å². The molecule has 0 aliphatic carbocycles. The van der Waals surface area contributed by atoms with E-state index in [1.54, 1.807) is 6.92 Å². The number of alkyl halides is 1. The molecule has 0 unspecified atom stereocenters. The van der Waals surface area contributed by atoms with Crippen molar-refractivity contribution in [3.05, 3.63) is 35.4 Å². The van der Waals surface area contributed by atoms with Crippen molar-refractivity contribution in [2.24, 2.45) is 0 Å². The standard InChI is InChI=1S/C12H9F3O2/c1-6-2-8(16)3-7-4-9(14)11(15)12(10(6)7)17-5-13/h2-4,16H,5H2,1H3. The van der Waals surface area contributed by atoms with Crippen molar-refractivity contribution < 1.29 is 23.0 Å². The third-order valence-corrected chi connectivity index (χ3v) is 2.47. The van der Waals surface area contributed by atoms with Crippen molar-refractivity contribution in [2.75, 3.05) is 6.86 Å². The minimum absolute atomic E-state index is 0.0767. The van der Waals surface area contributed by atoms with Gasteiger partial charge >= 0.3 is 0 Å². The summed E-state index contributed by atoms with van der Waals surface area (Å²) < 4.78 is 43.4. The molecule has 1 N–H and O–H groups in total. The van der Waals surface area contributed by atoms with Crippen molar-refractivity contribution >= 4 is 10.8 Å². The molecule has 0 aromatic heterocycles. The third kappa shape index (κ3) is 1.88. The van der Waals surface area contributed by atoms with Crippen molar-refractivity contribution in [2.45, 2.75) is 6.92 Å². The average molecular weight is 242 g/mol. The lowest BCUT2D eigenvalue weighted by molar-refractivity contribution is 0.185. The molecule has 0 bridgehead atoms. The van der Waals surface area contributed by atoms with E-state index in [-0.39, 0.29) is 16.5 Å². The normalized spacial score (nSPS) is 10.8. The molecule has 5 heteroatoms. The van der Waals surface area contributed by atoms with Gasteiger partial charge in [-0.1, -0.05) is 0 Å². The highest BCUT2D eigenvalue weighted by molar-refractivity contribution is 5.92. The fraction of sp³-hybridized carbons (Fsp3) is 0.167. The van der Waals surface area contributed by atoms with Crippen molar-refractivity contribution in [1.29, 1.82) is 0 Å². The zero-order chi connectivity index (χ0) is 12.6. The molecule has 0 amide bonds.